The fraction of sp³-hybridized carbons (Fsp3) is 0. The molecular formula is H13KOS5. The number of rotatable bonds is 0. The quantitative estimate of drug-likeness (QED) is 0.481. The van der Waals surface area contributed by atoms with E-state index in [0.717, 1.165) is 0 Å². The number of hydrogen-bond acceptors (Lipinski definition) is 0. The SMILES string of the molecule is O.S.S.S.S.S.[KH]. The second kappa shape index (κ2) is 58.1. The molecule has 1 nitrogen and oxygen atoms in total. The van der Waals surface area contributed by atoms with Gasteiger partial charge in [0.2, 0.25) is 0 Å². The van der Waals surface area contributed by atoms with Crippen LogP contribution in [0.5, 0.6) is 0 Å². The molecule has 0 saturated carbocycles. The third-order valence-corrected chi connectivity index (χ3v) is 0. The molecule has 0 aromatic rings. The first kappa shape index (κ1) is 80.7. The van der Waals surface area contributed by atoms with Crippen molar-refractivity contribution in [1.29, 1.82) is 0 Å². The third kappa shape index (κ3) is 45.0. The van der Waals surface area contributed by atoms with Crippen LogP contribution < -0.4 is 0 Å². The minimum atomic E-state index is 0. The molecule has 0 aliphatic heterocycles. The first-order valence-electron chi connectivity index (χ1n) is 0. The van der Waals surface area contributed by atoms with Gasteiger partial charge in [-0.15, -0.1) is 0 Å². The van der Waals surface area contributed by atoms with Crippen molar-refractivity contribution in [2.24, 2.45) is 0 Å². The zero-order valence-electron chi connectivity index (χ0n) is 3.00. The second-order valence-corrected chi connectivity index (χ2v) is 0. The average Bonchev–Trinajstić information content (AvgIpc) is 0. The van der Waals surface area contributed by atoms with E-state index in [1.54, 1.807) is 0 Å². The zero-order valence-corrected chi connectivity index (χ0v) is 8.00. The molecule has 50 valence electrons. The summed E-state index contributed by atoms with van der Waals surface area (Å²) in [7, 11) is 0. The van der Waals surface area contributed by atoms with Crippen LogP contribution in [-0.4, -0.2) is 56.9 Å². The predicted molar refractivity (Wildman–Crippen MR) is 62.7 cm³/mol. The fourth-order valence-electron chi connectivity index (χ4n) is 0. The van der Waals surface area contributed by atoms with Crippen molar-refractivity contribution in [1.82, 2.24) is 0 Å². The molecule has 0 heterocycles. The molecule has 0 aromatic heterocycles. The van der Waals surface area contributed by atoms with Gasteiger partial charge in [0, 0.05) is 0 Å². The van der Waals surface area contributed by atoms with Crippen molar-refractivity contribution in [3.63, 3.8) is 0 Å². The van der Waals surface area contributed by atoms with Gasteiger partial charge in [0.15, 0.2) is 0 Å². The Morgan fingerprint density at radius 2 is 0.429 bits per heavy atom. The molecule has 0 amide bonds. The molecule has 0 rings (SSSR count). The predicted octanol–water partition coefficient (Wildman–Crippen LogP) is -0.909. The first-order valence-corrected chi connectivity index (χ1v) is 0. The van der Waals surface area contributed by atoms with E-state index in [2.05, 4.69) is 0 Å². The summed E-state index contributed by atoms with van der Waals surface area (Å²) in [5, 5.41) is 0. The van der Waals surface area contributed by atoms with Crippen molar-refractivity contribution >= 4 is 119 Å². The minimum absolute atomic E-state index is 0. The van der Waals surface area contributed by atoms with E-state index in [1.807, 2.05) is 0 Å². The van der Waals surface area contributed by atoms with Gasteiger partial charge in [-0.3, -0.25) is 0 Å². The Bertz CT molecular complexity index is 8.04. The monoisotopic (exact) mass is 228 g/mol. The summed E-state index contributed by atoms with van der Waals surface area (Å²) in [5.74, 6) is 0. The number of hydrogen-bond donors (Lipinski definition) is 0. The molecule has 0 spiro atoms. The Hall–Kier alpha value is 3.35. The fourth-order valence-corrected chi connectivity index (χ4v) is 0. The van der Waals surface area contributed by atoms with Gasteiger partial charge >= 0.3 is 51.4 Å². The Kier molecular flexibility index (Phi) is 670. The second-order valence-electron chi connectivity index (χ2n) is 0. The summed E-state index contributed by atoms with van der Waals surface area (Å²) in [4.78, 5) is 0. The molecule has 7 heavy (non-hydrogen) atoms. The molecule has 0 aromatic carbocycles. The van der Waals surface area contributed by atoms with Gasteiger partial charge in [0.25, 0.3) is 0 Å². The normalized spacial score (nSPS) is 0. The van der Waals surface area contributed by atoms with Crippen molar-refractivity contribution in [2.75, 3.05) is 0 Å². The van der Waals surface area contributed by atoms with Gasteiger partial charge in [-0.2, -0.15) is 67.5 Å². The van der Waals surface area contributed by atoms with Crippen LogP contribution in [0.2, 0.25) is 0 Å². The molecule has 2 N–H and O–H groups in total. The molecule has 0 radical (unpaired) electrons. The first-order chi connectivity index (χ1) is 0. The van der Waals surface area contributed by atoms with Crippen LogP contribution in [0.3, 0.4) is 0 Å². The van der Waals surface area contributed by atoms with Crippen LogP contribution in [0.4, 0.5) is 0 Å². The van der Waals surface area contributed by atoms with Crippen molar-refractivity contribution < 1.29 is 5.48 Å². The molecule has 7 heteroatoms. The van der Waals surface area contributed by atoms with Gasteiger partial charge in [0.1, 0.15) is 0 Å². The Labute approximate surface area is 122 Å². The third-order valence-electron chi connectivity index (χ3n) is 0. The van der Waals surface area contributed by atoms with Gasteiger partial charge in [-0.05, 0) is 0 Å². The Morgan fingerprint density at radius 1 is 0.429 bits per heavy atom. The van der Waals surface area contributed by atoms with Gasteiger partial charge in [-0.25, -0.2) is 0 Å². The van der Waals surface area contributed by atoms with Crippen molar-refractivity contribution in [3.05, 3.63) is 0 Å². The van der Waals surface area contributed by atoms with Crippen LogP contribution in [0.1, 0.15) is 0 Å². The average molecular weight is 229 g/mol. The van der Waals surface area contributed by atoms with E-state index >= 15 is 0 Å². The summed E-state index contributed by atoms with van der Waals surface area (Å²) >= 11 is 0. The molecule has 0 fully saturated rings. The van der Waals surface area contributed by atoms with E-state index in [4.69, 9.17) is 0 Å². The van der Waals surface area contributed by atoms with Crippen molar-refractivity contribution in [3.8, 4) is 0 Å². The van der Waals surface area contributed by atoms with Crippen LogP contribution in [-0.2, 0) is 0 Å². The molecule has 0 aliphatic carbocycles. The Morgan fingerprint density at radius 3 is 0.429 bits per heavy atom. The van der Waals surface area contributed by atoms with Gasteiger partial charge < -0.3 is 5.48 Å². The summed E-state index contributed by atoms with van der Waals surface area (Å²) < 4.78 is 0. The molecule has 0 atom stereocenters. The van der Waals surface area contributed by atoms with Crippen LogP contribution in [0.25, 0.3) is 0 Å². The maximum absolute atomic E-state index is 0. The van der Waals surface area contributed by atoms with Crippen LogP contribution >= 0.6 is 67.5 Å². The van der Waals surface area contributed by atoms with E-state index in [1.165, 1.54) is 0 Å². The van der Waals surface area contributed by atoms with E-state index < -0.39 is 0 Å². The standard InChI is InChI=1S/K.H2O.5H2S.H/h;6*1H2;. The van der Waals surface area contributed by atoms with Crippen LogP contribution in [0, 0.1) is 0 Å². The summed E-state index contributed by atoms with van der Waals surface area (Å²) in [6, 6.07) is 0. The van der Waals surface area contributed by atoms with E-state index in [9.17, 15) is 0 Å². The maximum atomic E-state index is 0. The zero-order chi connectivity index (χ0) is 0. The molecule has 0 saturated heterocycles. The topological polar surface area (TPSA) is 31.5 Å². The van der Waals surface area contributed by atoms with E-state index in [0.29, 0.717) is 0 Å². The van der Waals surface area contributed by atoms with Gasteiger partial charge in [-0.1, -0.05) is 0 Å². The van der Waals surface area contributed by atoms with E-state index in [-0.39, 0.29) is 124 Å². The van der Waals surface area contributed by atoms with Gasteiger partial charge in [0.05, 0.1) is 0 Å². The summed E-state index contributed by atoms with van der Waals surface area (Å²) in [5.41, 5.74) is 0. The molecular weight excluding hydrogens is 215 g/mol. The summed E-state index contributed by atoms with van der Waals surface area (Å²) in [6.07, 6.45) is 0. The molecule has 0 bridgehead atoms. The summed E-state index contributed by atoms with van der Waals surface area (Å²) in [6.45, 7) is 0. The van der Waals surface area contributed by atoms with Crippen molar-refractivity contribution in [2.45, 2.75) is 0 Å². The van der Waals surface area contributed by atoms with Crippen LogP contribution in [0.15, 0.2) is 0 Å². The Balaban J connectivity index is 0. The molecule has 0 aliphatic rings. The molecule has 0 unspecified atom stereocenters.